The molecule has 0 aliphatic carbocycles. The van der Waals surface area contributed by atoms with Crippen molar-refractivity contribution in [3.8, 4) is 11.5 Å². The van der Waals surface area contributed by atoms with Crippen LogP contribution >= 0.6 is 0 Å². The highest BCUT2D eigenvalue weighted by Crippen LogP contribution is 2.31. The molecule has 8 nitrogen and oxygen atoms in total. The third kappa shape index (κ3) is 6.76. The second kappa shape index (κ2) is 11.8. The number of ether oxygens (including phenoxy) is 3. The van der Waals surface area contributed by atoms with E-state index in [2.05, 4.69) is 9.88 Å². The summed E-state index contributed by atoms with van der Waals surface area (Å²) in [6.07, 6.45) is 4.69. The van der Waals surface area contributed by atoms with Crippen molar-refractivity contribution in [2.45, 2.75) is 25.8 Å². The van der Waals surface area contributed by atoms with Crippen LogP contribution in [0.25, 0.3) is 0 Å². The number of morpholine rings is 1. The van der Waals surface area contributed by atoms with Gasteiger partial charge in [-0.15, -0.1) is 0 Å². The van der Waals surface area contributed by atoms with E-state index in [4.69, 9.17) is 14.2 Å². The SMILES string of the molecule is O=C(CCC(=O)N(CCCN1CCOCC1)Cc1ccncc1)c1ccc2c(c1)OCCO2. The number of amides is 1. The van der Waals surface area contributed by atoms with Crippen molar-refractivity contribution in [1.29, 1.82) is 0 Å². The number of Topliss-reactive ketones (excluding diaryl/α,β-unsaturated/α-hetero) is 1. The number of carbonyl (C=O) groups excluding carboxylic acids is 2. The highest BCUT2D eigenvalue weighted by Gasteiger charge is 2.19. The number of pyridine rings is 1. The number of ketones is 1. The second-order valence-electron chi connectivity index (χ2n) is 8.26. The largest absolute Gasteiger partial charge is 0.486 e. The number of rotatable bonds is 10. The summed E-state index contributed by atoms with van der Waals surface area (Å²) in [7, 11) is 0. The summed E-state index contributed by atoms with van der Waals surface area (Å²) in [5.41, 5.74) is 1.57. The first-order valence-corrected chi connectivity index (χ1v) is 11.6. The van der Waals surface area contributed by atoms with Crippen LogP contribution in [0.4, 0.5) is 0 Å². The number of hydrogen-bond donors (Lipinski definition) is 0. The van der Waals surface area contributed by atoms with Crippen molar-refractivity contribution >= 4 is 11.7 Å². The Labute approximate surface area is 194 Å². The lowest BCUT2D eigenvalue weighted by Gasteiger charge is -2.28. The topological polar surface area (TPSA) is 81.2 Å². The molecule has 0 atom stereocenters. The Kier molecular flexibility index (Phi) is 8.27. The Hall–Kier alpha value is -2.97. The Morgan fingerprint density at radius 2 is 1.70 bits per heavy atom. The predicted molar refractivity (Wildman–Crippen MR) is 123 cm³/mol. The van der Waals surface area contributed by atoms with Crippen molar-refractivity contribution < 1.29 is 23.8 Å². The molecule has 0 spiro atoms. The zero-order valence-electron chi connectivity index (χ0n) is 18.9. The van der Waals surface area contributed by atoms with Crippen molar-refractivity contribution in [2.24, 2.45) is 0 Å². The highest BCUT2D eigenvalue weighted by atomic mass is 16.6. The van der Waals surface area contributed by atoms with Crippen LogP contribution in [0, 0.1) is 0 Å². The molecule has 0 N–H and O–H groups in total. The van der Waals surface area contributed by atoms with Gasteiger partial charge in [-0.2, -0.15) is 0 Å². The molecule has 8 heteroatoms. The average molecular weight is 454 g/mol. The molecule has 0 bridgehead atoms. The molecule has 1 amide bonds. The molecule has 33 heavy (non-hydrogen) atoms. The van der Waals surface area contributed by atoms with Crippen LogP contribution in [0.2, 0.25) is 0 Å². The molecule has 0 saturated carbocycles. The van der Waals surface area contributed by atoms with Crippen LogP contribution in [0.3, 0.4) is 0 Å². The van der Waals surface area contributed by atoms with Crippen molar-refractivity contribution in [1.82, 2.24) is 14.8 Å². The van der Waals surface area contributed by atoms with Crippen LogP contribution in [0.1, 0.15) is 35.2 Å². The van der Waals surface area contributed by atoms with E-state index < -0.39 is 0 Å². The van der Waals surface area contributed by atoms with E-state index in [0.29, 0.717) is 43.4 Å². The molecular formula is C25H31N3O5. The lowest BCUT2D eigenvalue weighted by atomic mass is 10.0. The molecule has 4 rings (SSSR count). The Morgan fingerprint density at radius 1 is 0.939 bits per heavy atom. The van der Waals surface area contributed by atoms with Gasteiger partial charge in [-0.25, -0.2) is 0 Å². The van der Waals surface area contributed by atoms with Gasteiger partial charge in [0.05, 0.1) is 13.2 Å². The molecule has 1 aromatic heterocycles. The summed E-state index contributed by atoms with van der Waals surface area (Å²) in [6, 6.07) is 9.03. The smallest absolute Gasteiger partial charge is 0.223 e. The zero-order chi connectivity index (χ0) is 22.9. The molecular weight excluding hydrogens is 422 g/mol. The molecule has 1 aromatic carbocycles. The van der Waals surface area contributed by atoms with Crippen LogP contribution < -0.4 is 9.47 Å². The van der Waals surface area contributed by atoms with E-state index >= 15 is 0 Å². The zero-order valence-corrected chi connectivity index (χ0v) is 18.9. The molecule has 3 heterocycles. The first-order chi connectivity index (χ1) is 16.2. The molecule has 2 aliphatic heterocycles. The van der Waals surface area contributed by atoms with Gasteiger partial charge in [0, 0.05) is 63.5 Å². The molecule has 176 valence electrons. The van der Waals surface area contributed by atoms with Crippen LogP contribution in [0.15, 0.2) is 42.7 Å². The first kappa shape index (κ1) is 23.2. The van der Waals surface area contributed by atoms with E-state index in [-0.39, 0.29) is 24.5 Å². The van der Waals surface area contributed by atoms with Gasteiger partial charge in [0.15, 0.2) is 17.3 Å². The predicted octanol–water partition coefficient (Wildman–Crippen LogP) is 2.57. The van der Waals surface area contributed by atoms with Crippen LogP contribution in [-0.4, -0.2) is 79.1 Å². The van der Waals surface area contributed by atoms with Gasteiger partial charge in [0.1, 0.15) is 13.2 Å². The standard InChI is InChI=1S/C25H31N3O5/c29-22(21-2-4-23-24(18-21)33-17-16-32-23)3-5-25(30)28(19-20-6-8-26-9-7-20)11-1-10-27-12-14-31-15-13-27/h2,4,6-9,18H,1,3,5,10-17,19H2. The van der Waals surface area contributed by atoms with Gasteiger partial charge >= 0.3 is 0 Å². The fourth-order valence-electron chi connectivity index (χ4n) is 4.05. The minimum Gasteiger partial charge on any atom is -0.486 e. The summed E-state index contributed by atoms with van der Waals surface area (Å²) >= 11 is 0. The van der Waals surface area contributed by atoms with E-state index in [0.717, 1.165) is 44.8 Å². The maximum Gasteiger partial charge on any atom is 0.223 e. The second-order valence-corrected chi connectivity index (χ2v) is 8.26. The number of aromatic nitrogens is 1. The normalized spacial score (nSPS) is 15.8. The number of benzene rings is 1. The number of fused-ring (bicyclic) bond motifs is 1. The minimum atomic E-state index is -0.0718. The van der Waals surface area contributed by atoms with Gasteiger partial charge in [-0.3, -0.25) is 19.5 Å². The van der Waals surface area contributed by atoms with E-state index in [1.807, 2.05) is 17.0 Å². The Morgan fingerprint density at radius 3 is 2.48 bits per heavy atom. The summed E-state index contributed by atoms with van der Waals surface area (Å²) in [4.78, 5) is 34.1. The van der Waals surface area contributed by atoms with Gasteiger partial charge in [-0.05, 0) is 42.3 Å². The molecule has 1 saturated heterocycles. The monoisotopic (exact) mass is 453 g/mol. The lowest BCUT2D eigenvalue weighted by Crippen LogP contribution is -2.39. The van der Waals surface area contributed by atoms with Gasteiger partial charge in [0.2, 0.25) is 5.91 Å². The van der Waals surface area contributed by atoms with E-state index in [1.165, 1.54) is 0 Å². The minimum absolute atomic E-state index is 0.0142. The molecule has 1 fully saturated rings. The van der Waals surface area contributed by atoms with Gasteiger partial charge < -0.3 is 19.1 Å². The highest BCUT2D eigenvalue weighted by molar-refractivity contribution is 5.98. The summed E-state index contributed by atoms with van der Waals surface area (Å²) < 4.78 is 16.5. The van der Waals surface area contributed by atoms with E-state index in [9.17, 15) is 9.59 Å². The lowest BCUT2D eigenvalue weighted by molar-refractivity contribution is -0.132. The Balaban J connectivity index is 1.32. The number of carbonyl (C=O) groups is 2. The summed E-state index contributed by atoms with van der Waals surface area (Å²) in [6.45, 7) is 6.47. The molecule has 2 aromatic rings. The molecule has 2 aliphatic rings. The quantitative estimate of drug-likeness (QED) is 0.512. The third-order valence-electron chi connectivity index (χ3n) is 5.91. The first-order valence-electron chi connectivity index (χ1n) is 11.6. The van der Waals surface area contributed by atoms with Crippen molar-refractivity contribution in [3.63, 3.8) is 0 Å². The summed E-state index contributed by atoms with van der Waals surface area (Å²) in [5, 5.41) is 0. The van der Waals surface area contributed by atoms with Gasteiger partial charge in [0.25, 0.3) is 0 Å². The number of hydrogen-bond acceptors (Lipinski definition) is 7. The maximum absolute atomic E-state index is 13.1. The van der Waals surface area contributed by atoms with Gasteiger partial charge in [-0.1, -0.05) is 0 Å². The number of nitrogens with zero attached hydrogens (tertiary/aromatic N) is 3. The van der Waals surface area contributed by atoms with Crippen molar-refractivity contribution in [2.75, 3.05) is 52.6 Å². The van der Waals surface area contributed by atoms with Crippen molar-refractivity contribution in [3.05, 3.63) is 53.9 Å². The molecule has 0 unspecified atom stereocenters. The maximum atomic E-state index is 13.1. The molecule has 0 radical (unpaired) electrons. The third-order valence-corrected chi connectivity index (χ3v) is 5.91. The van der Waals surface area contributed by atoms with Crippen LogP contribution in [0.5, 0.6) is 11.5 Å². The van der Waals surface area contributed by atoms with Crippen LogP contribution in [-0.2, 0) is 16.1 Å². The van der Waals surface area contributed by atoms with E-state index in [1.54, 1.807) is 30.6 Å². The fraction of sp³-hybridized carbons (Fsp3) is 0.480. The Bertz CT molecular complexity index is 931. The average Bonchev–Trinajstić information content (AvgIpc) is 2.87. The summed E-state index contributed by atoms with van der Waals surface area (Å²) in [5.74, 6) is 1.15. The fourth-order valence-corrected chi connectivity index (χ4v) is 4.05.